The molecule has 1 saturated heterocycles. The lowest BCUT2D eigenvalue weighted by atomic mass is 10.1. The predicted octanol–water partition coefficient (Wildman–Crippen LogP) is 3.23. The molecule has 2 unspecified atom stereocenters. The molecule has 0 aromatic heterocycles. The first kappa shape index (κ1) is 12.7. The average Bonchev–Trinajstić information content (AvgIpc) is 2.43. The Morgan fingerprint density at radius 3 is 2.82 bits per heavy atom. The highest BCUT2D eigenvalue weighted by molar-refractivity contribution is 6.31. The van der Waals surface area contributed by atoms with E-state index in [0.29, 0.717) is 12.1 Å². The topological polar surface area (TPSA) is 15.3 Å². The van der Waals surface area contributed by atoms with Gasteiger partial charge in [0.1, 0.15) is 0 Å². The van der Waals surface area contributed by atoms with Crippen LogP contribution in [0.1, 0.15) is 25.8 Å². The molecule has 0 radical (unpaired) electrons. The van der Waals surface area contributed by atoms with Gasteiger partial charge in [0.25, 0.3) is 0 Å². The first-order chi connectivity index (χ1) is 8.08. The van der Waals surface area contributed by atoms with Crippen molar-refractivity contribution in [2.24, 2.45) is 0 Å². The molecule has 1 aromatic rings. The molecule has 0 bridgehead atoms. The van der Waals surface area contributed by atoms with Crippen LogP contribution in [-0.2, 0) is 0 Å². The van der Waals surface area contributed by atoms with Gasteiger partial charge < -0.3 is 10.2 Å². The van der Waals surface area contributed by atoms with Crippen LogP contribution >= 0.6 is 11.6 Å². The van der Waals surface area contributed by atoms with Crippen LogP contribution in [0.4, 0.5) is 5.69 Å². The van der Waals surface area contributed by atoms with E-state index in [0.717, 1.165) is 18.1 Å². The van der Waals surface area contributed by atoms with Crippen LogP contribution in [0.2, 0.25) is 5.02 Å². The molecule has 1 fully saturated rings. The summed E-state index contributed by atoms with van der Waals surface area (Å²) in [6.07, 6.45) is 1.18. The van der Waals surface area contributed by atoms with Crippen molar-refractivity contribution in [1.82, 2.24) is 5.32 Å². The molecule has 1 aliphatic heterocycles. The first-order valence-electron chi connectivity index (χ1n) is 6.34. The van der Waals surface area contributed by atoms with Crippen LogP contribution in [0.25, 0.3) is 0 Å². The molecular formula is C14H21ClN2. The Kier molecular flexibility index (Phi) is 3.95. The average molecular weight is 253 g/mol. The summed E-state index contributed by atoms with van der Waals surface area (Å²) in [5.74, 6) is 0. The summed E-state index contributed by atoms with van der Waals surface area (Å²) >= 11 is 6.20. The Morgan fingerprint density at radius 1 is 1.29 bits per heavy atom. The summed E-state index contributed by atoms with van der Waals surface area (Å²) in [6, 6.07) is 7.28. The smallest absolute Gasteiger partial charge is 0.0455 e. The third-order valence-corrected chi connectivity index (χ3v) is 3.88. The monoisotopic (exact) mass is 252 g/mol. The van der Waals surface area contributed by atoms with Gasteiger partial charge >= 0.3 is 0 Å². The Hall–Kier alpha value is -0.730. The fourth-order valence-corrected chi connectivity index (χ4v) is 2.72. The van der Waals surface area contributed by atoms with Gasteiger partial charge in [0, 0.05) is 35.9 Å². The van der Waals surface area contributed by atoms with Gasteiger partial charge in [0.05, 0.1) is 0 Å². The lowest BCUT2D eigenvalue weighted by Gasteiger charge is -2.26. The maximum Gasteiger partial charge on any atom is 0.0455 e. The van der Waals surface area contributed by atoms with E-state index in [2.05, 4.69) is 37.1 Å². The number of rotatable bonds is 1. The van der Waals surface area contributed by atoms with E-state index >= 15 is 0 Å². The summed E-state index contributed by atoms with van der Waals surface area (Å²) in [5, 5.41) is 4.46. The molecular weight excluding hydrogens is 232 g/mol. The Balaban J connectivity index is 2.23. The molecule has 1 N–H and O–H groups in total. The van der Waals surface area contributed by atoms with Crippen molar-refractivity contribution in [1.29, 1.82) is 0 Å². The van der Waals surface area contributed by atoms with Crippen LogP contribution in [-0.4, -0.2) is 25.2 Å². The van der Waals surface area contributed by atoms with Gasteiger partial charge in [-0.25, -0.2) is 0 Å². The van der Waals surface area contributed by atoms with Crippen molar-refractivity contribution in [3.63, 3.8) is 0 Å². The fourth-order valence-electron chi connectivity index (χ4n) is 2.55. The van der Waals surface area contributed by atoms with Gasteiger partial charge in [-0.1, -0.05) is 17.7 Å². The summed E-state index contributed by atoms with van der Waals surface area (Å²) in [6.45, 7) is 8.74. The van der Waals surface area contributed by atoms with Crippen molar-refractivity contribution in [2.45, 2.75) is 39.3 Å². The Morgan fingerprint density at radius 2 is 2.06 bits per heavy atom. The molecule has 1 aliphatic rings. The molecule has 0 spiro atoms. The van der Waals surface area contributed by atoms with Gasteiger partial charge in [-0.3, -0.25) is 0 Å². The summed E-state index contributed by atoms with van der Waals surface area (Å²) in [5.41, 5.74) is 2.47. The molecule has 17 heavy (non-hydrogen) atoms. The molecule has 2 atom stereocenters. The Labute approximate surface area is 109 Å². The molecule has 0 amide bonds. The molecule has 0 aliphatic carbocycles. The second kappa shape index (κ2) is 5.28. The van der Waals surface area contributed by atoms with Crippen molar-refractivity contribution < 1.29 is 0 Å². The zero-order chi connectivity index (χ0) is 12.4. The molecule has 2 rings (SSSR count). The van der Waals surface area contributed by atoms with E-state index in [-0.39, 0.29) is 0 Å². The highest BCUT2D eigenvalue weighted by Crippen LogP contribution is 2.27. The van der Waals surface area contributed by atoms with E-state index in [4.69, 9.17) is 11.6 Å². The quantitative estimate of drug-likeness (QED) is 0.826. The summed E-state index contributed by atoms with van der Waals surface area (Å²) in [4.78, 5) is 2.45. The molecule has 3 heteroatoms. The minimum Gasteiger partial charge on any atom is -0.370 e. The zero-order valence-corrected chi connectivity index (χ0v) is 11.6. The second-order valence-corrected chi connectivity index (χ2v) is 5.49. The van der Waals surface area contributed by atoms with Gasteiger partial charge in [-0.05, 0) is 44.9 Å². The number of nitrogens with zero attached hydrogens (tertiary/aromatic N) is 1. The SMILES string of the molecule is Cc1c(Cl)cccc1N1CCC(C)NC(C)C1. The van der Waals surface area contributed by atoms with Crippen LogP contribution in [0, 0.1) is 6.92 Å². The number of anilines is 1. The highest BCUT2D eigenvalue weighted by atomic mass is 35.5. The minimum absolute atomic E-state index is 0.519. The molecule has 0 saturated carbocycles. The van der Waals surface area contributed by atoms with Crippen molar-refractivity contribution in [3.05, 3.63) is 28.8 Å². The van der Waals surface area contributed by atoms with Gasteiger partial charge in [-0.15, -0.1) is 0 Å². The van der Waals surface area contributed by atoms with Gasteiger partial charge in [0.15, 0.2) is 0 Å². The molecule has 1 aromatic carbocycles. The molecule has 1 heterocycles. The third-order valence-electron chi connectivity index (χ3n) is 3.48. The standard InChI is InChI=1S/C14H21ClN2/c1-10-7-8-17(9-11(2)16-10)14-6-4-5-13(15)12(14)3/h4-6,10-11,16H,7-9H2,1-3H3. The van der Waals surface area contributed by atoms with E-state index in [1.807, 2.05) is 12.1 Å². The highest BCUT2D eigenvalue weighted by Gasteiger charge is 2.19. The van der Waals surface area contributed by atoms with Crippen molar-refractivity contribution >= 4 is 17.3 Å². The molecule has 94 valence electrons. The van der Waals surface area contributed by atoms with Gasteiger partial charge in [0.2, 0.25) is 0 Å². The third kappa shape index (κ3) is 2.93. The lowest BCUT2D eigenvalue weighted by molar-refractivity contribution is 0.492. The van der Waals surface area contributed by atoms with E-state index < -0.39 is 0 Å². The summed E-state index contributed by atoms with van der Waals surface area (Å²) in [7, 11) is 0. The lowest BCUT2D eigenvalue weighted by Crippen LogP contribution is -2.37. The van der Waals surface area contributed by atoms with E-state index in [9.17, 15) is 0 Å². The first-order valence-corrected chi connectivity index (χ1v) is 6.72. The minimum atomic E-state index is 0.519. The van der Waals surface area contributed by atoms with Crippen LogP contribution in [0.3, 0.4) is 0 Å². The number of hydrogen-bond donors (Lipinski definition) is 1. The maximum absolute atomic E-state index is 6.20. The van der Waals surface area contributed by atoms with Crippen molar-refractivity contribution in [3.8, 4) is 0 Å². The van der Waals surface area contributed by atoms with Crippen LogP contribution in [0.15, 0.2) is 18.2 Å². The number of benzene rings is 1. The number of hydrogen-bond acceptors (Lipinski definition) is 2. The van der Waals surface area contributed by atoms with E-state index in [1.165, 1.54) is 17.7 Å². The second-order valence-electron chi connectivity index (χ2n) is 5.09. The van der Waals surface area contributed by atoms with Gasteiger partial charge in [-0.2, -0.15) is 0 Å². The summed E-state index contributed by atoms with van der Waals surface area (Å²) < 4.78 is 0. The normalized spacial score (nSPS) is 25.8. The Bertz CT molecular complexity index is 392. The number of halogens is 1. The fraction of sp³-hybridized carbons (Fsp3) is 0.571. The van der Waals surface area contributed by atoms with Crippen molar-refractivity contribution in [2.75, 3.05) is 18.0 Å². The number of nitrogens with one attached hydrogen (secondary N) is 1. The maximum atomic E-state index is 6.20. The molecule has 2 nitrogen and oxygen atoms in total. The van der Waals surface area contributed by atoms with Crippen LogP contribution < -0.4 is 10.2 Å². The van der Waals surface area contributed by atoms with Crippen LogP contribution in [0.5, 0.6) is 0 Å². The zero-order valence-electron chi connectivity index (χ0n) is 10.8. The predicted molar refractivity (Wildman–Crippen MR) is 75.1 cm³/mol. The largest absolute Gasteiger partial charge is 0.370 e. The van der Waals surface area contributed by atoms with E-state index in [1.54, 1.807) is 0 Å².